The lowest BCUT2D eigenvalue weighted by molar-refractivity contribution is 0.152. The summed E-state index contributed by atoms with van der Waals surface area (Å²) in [4.78, 5) is 30.0. The van der Waals surface area contributed by atoms with Crippen molar-refractivity contribution in [1.29, 1.82) is 0 Å². The molecule has 0 aliphatic carbocycles. The number of nitrogens with one attached hydrogen (secondary N) is 3. The number of ether oxygens (including phenoxy) is 1. The topological polar surface area (TPSA) is 124 Å². The van der Waals surface area contributed by atoms with Gasteiger partial charge in [0.25, 0.3) is 10.0 Å². The summed E-state index contributed by atoms with van der Waals surface area (Å²) in [5, 5.41) is 0.430. The molecule has 11 heteroatoms. The van der Waals surface area contributed by atoms with E-state index in [1.807, 2.05) is 0 Å². The molecular formula is C20H21ClN4O5S. The minimum atomic E-state index is -3.98. The van der Waals surface area contributed by atoms with E-state index in [-0.39, 0.29) is 10.4 Å². The number of aromatic amines is 2. The third kappa shape index (κ3) is 4.46. The second-order valence-corrected chi connectivity index (χ2v) is 9.35. The highest BCUT2D eigenvalue weighted by molar-refractivity contribution is 7.92. The molecule has 0 atom stereocenters. The van der Waals surface area contributed by atoms with E-state index in [0.29, 0.717) is 41.5 Å². The second kappa shape index (κ2) is 8.37. The molecular weight excluding hydrogens is 444 g/mol. The fourth-order valence-corrected chi connectivity index (χ4v) is 5.17. The van der Waals surface area contributed by atoms with Gasteiger partial charge in [0.05, 0.1) is 38.9 Å². The van der Waals surface area contributed by atoms with E-state index < -0.39 is 21.1 Å². The van der Waals surface area contributed by atoms with Gasteiger partial charge in [0.1, 0.15) is 0 Å². The average molecular weight is 465 g/mol. The highest BCUT2D eigenvalue weighted by Crippen LogP contribution is 2.31. The average Bonchev–Trinajstić information content (AvgIpc) is 2.98. The predicted molar refractivity (Wildman–Crippen MR) is 120 cm³/mol. The molecule has 0 amide bonds. The molecule has 31 heavy (non-hydrogen) atoms. The number of sulfonamides is 1. The normalized spacial score (nSPS) is 15.1. The molecule has 0 unspecified atom stereocenters. The Morgan fingerprint density at radius 1 is 1.03 bits per heavy atom. The van der Waals surface area contributed by atoms with Gasteiger partial charge in [0.15, 0.2) is 0 Å². The first-order valence-corrected chi connectivity index (χ1v) is 11.5. The number of anilines is 2. The molecule has 0 bridgehead atoms. The lowest BCUT2D eigenvalue weighted by Gasteiger charge is -2.23. The third-order valence-corrected chi connectivity index (χ3v) is 6.90. The van der Waals surface area contributed by atoms with Crippen LogP contribution in [0.2, 0.25) is 5.02 Å². The highest BCUT2D eigenvalue weighted by atomic mass is 35.5. The predicted octanol–water partition coefficient (Wildman–Crippen LogP) is 2.21. The summed E-state index contributed by atoms with van der Waals surface area (Å²) in [6.07, 6.45) is 0.888. The van der Waals surface area contributed by atoms with E-state index in [1.54, 1.807) is 25.1 Å². The van der Waals surface area contributed by atoms with Crippen LogP contribution < -0.4 is 20.7 Å². The molecule has 2 heterocycles. The molecule has 1 aromatic heterocycles. The summed E-state index contributed by atoms with van der Waals surface area (Å²) in [6.45, 7) is 4.44. The molecule has 2 aromatic carbocycles. The molecule has 0 spiro atoms. The third-order valence-electron chi connectivity index (χ3n) is 5.07. The van der Waals surface area contributed by atoms with Crippen molar-refractivity contribution in [2.45, 2.75) is 18.2 Å². The van der Waals surface area contributed by atoms with E-state index >= 15 is 0 Å². The minimum Gasteiger partial charge on any atom is -0.380 e. The Labute approximate surface area is 183 Å². The lowest BCUT2D eigenvalue weighted by Crippen LogP contribution is -2.29. The molecule has 0 radical (unpaired) electrons. The van der Waals surface area contributed by atoms with Crippen LogP contribution in [0, 0.1) is 6.92 Å². The van der Waals surface area contributed by atoms with Crippen molar-refractivity contribution in [3.05, 3.63) is 61.6 Å². The Morgan fingerprint density at radius 2 is 1.74 bits per heavy atom. The Balaban J connectivity index is 1.65. The summed E-state index contributed by atoms with van der Waals surface area (Å²) in [5.41, 5.74) is 0.449. The maximum Gasteiger partial charge on any atom is 0.314 e. The molecule has 164 valence electrons. The van der Waals surface area contributed by atoms with Crippen LogP contribution in [0.25, 0.3) is 11.0 Å². The van der Waals surface area contributed by atoms with E-state index in [2.05, 4.69) is 19.6 Å². The number of H-pyrrole nitrogens is 2. The van der Waals surface area contributed by atoms with Crippen molar-refractivity contribution in [1.82, 2.24) is 9.97 Å². The number of nitrogens with zero attached hydrogens (tertiary/aromatic N) is 1. The van der Waals surface area contributed by atoms with Crippen LogP contribution in [-0.4, -0.2) is 44.7 Å². The number of fused-ring (bicyclic) bond motifs is 1. The quantitative estimate of drug-likeness (QED) is 0.508. The molecule has 1 aliphatic heterocycles. The largest absolute Gasteiger partial charge is 0.380 e. The van der Waals surface area contributed by atoms with Gasteiger partial charge >= 0.3 is 11.1 Å². The number of halogens is 1. The summed E-state index contributed by atoms with van der Waals surface area (Å²) < 4.78 is 34.0. The zero-order valence-corrected chi connectivity index (χ0v) is 18.3. The first-order valence-electron chi connectivity index (χ1n) is 9.66. The standard InChI is InChI=1S/C20H21ClN4O5S/c1-12-9-15-16(23-20(27)19(26)22-15)11-18(12)31(28,29)24-13-3-4-17(14(21)10-13)25-5-2-7-30-8-6-25/h3-4,9-11,24H,2,5-8H2,1H3,(H,22,26)(H,23,27). The SMILES string of the molecule is Cc1cc2[nH]c(=O)c(=O)[nH]c2cc1S(=O)(=O)Nc1ccc(N2CCCOCC2)c(Cl)c1. The van der Waals surface area contributed by atoms with Gasteiger partial charge in [-0.05, 0) is 49.2 Å². The smallest absolute Gasteiger partial charge is 0.314 e. The van der Waals surface area contributed by atoms with E-state index in [1.165, 1.54) is 12.1 Å². The van der Waals surface area contributed by atoms with Crippen molar-refractivity contribution in [3.8, 4) is 0 Å². The van der Waals surface area contributed by atoms with Crippen LogP contribution in [0.3, 0.4) is 0 Å². The van der Waals surface area contributed by atoms with Crippen LogP contribution >= 0.6 is 11.6 Å². The fraction of sp³-hybridized carbons (Fsp3) is 0.300. The number of benzene rings is 2. The maximum atomic E-state index is 13.0. The van der Waals surface area contributed by atoms with E-state index in [0.717, 1.165) is 18.7 Å². The second-order valence-electron chi connectivity index (χ2n) is 7.30. The van der Waals surface area contributed by atoms with Gasteiger partial charge in [0, 0.05) is 19.7 Å². The molecule has 1 fully saturated rings. The van der Waals surface area contributed by atoms with Crippen molar-refractivity contribution in [3.63, 3.8) is 0 Å². The van der Waals surface area contributed by atoms with Crippen molar-refractivity contribution >= 4 is 44.0 Å². The molecule has 1 aliphatic rings. The monoisotopic (exact) mass is 464 g/mol. The molecule has 0 saturated carbocycles. The Bertz CT molecular complexity index is 1360. The van der Waals surface area contributed by atoms with Gasteiger partial charge in [-0.3, -0.25) is 14.3 Å². The summed E-state index contributed by atoms with van der Waals surface area (Å²) in [6, 6.07) is 7.81. The zero-order chi connectivity index (χ0) is 22.2. The van der Waals surface area contributed by atoms with Crippen molar-refractivity contribution in [2.75, 3.05) is 35.9 Å². The van der Waals surface area contributed by atoms with E-state index in [4.69, 9.17) is 16.3 Å². The highest BCUT2D eigenvalue weighted by Gasteiger charge is 2.20. The number of hydrogen-bond donors (Lipinski definition) is 3. The van der Waals surface area contributed by atoms with Gasteiger partial charge in [-0.1, -0.05) is 11.6 Å². The number of aromatic nitrogens is 2. The van der Waals surface area contributed by atoms with Gasteiger partial charge in [-0.25, -0.2) is 8.42 Å². The Hall–Kier alpha value is -2.82. The van der Waals surface area contributed by atoms with Crippen LogP contribution in [0.15, 0.2) is 44.8 Å². The molecule has 4 rings (SSSR count). The van der Waals surface area contributed by atoms with Gasteiger partial charge in [-0.2, -0.15) is 0 Å². The van der Waals surface area contributed by atoms with Gasteiger partial charge in [-0.15, -0.1) is 0 Å². The van der Waals surface area contributed by atoms with Crippen LogP contribution in [0.5, 0.6) is 0 Å². The first-order chi connectivity index (χ1) is 14.7. The number of hydrogen-bond acceptors (Lipinski definition) is 6. The molecule has 3 N–H and O–H groups in total. The van der Waals surface area contributed by atoms with Crippen molar-refractivity contribution in [2.24, 2.45) is 0 Å². The summed E-state index contributed by atoms with van der Waals surface area (Å²) in [5.74, 6) is 0. The van der Waals surface area contributed by atoms with Gasteiger partial charge < -0.3 is 19.6 Å². The van der Waals surface area contributed by atoms with Crippen LogP contribution in [-0.2, 0) is 14.8 Å². The van der Waals surface area contributed by atoms with Crippen LogP contribution in [0.4, 0.5) is 11.4 Å². The first kappa shape index (κ1) is 21.4. The van der Waals surface area contributed by atoms with Crippen molar-refractivity contribution < 1.29 is 13.2 Å². The Morgan fingerprint density at radius 3 is 2.45 bits per heavy atom. The molecule has 1 saturated heterocycles. The number of rotatable bonds is 4. The Kier molecular flexibility index (Phi) is 5.78. The lowest BCUT2D eigenvalue weighted by atomic mass is 10.2. The molecule has 3 aromatic rings. The number of aryl methyl sites for hydroxylation is 1. The minimum absolute atomic E-state index is 0.0208. The summed E-state index contributed by atoms with van der Waals surface area (Å²) >= 11 is 6.44. The fourth-order valence-electron chi connectivity index (χ4n) is 3.57. The summed E-state index contributed by atoms with van der Waals surface area (Å²) in [7, 11) is -3.98. The molecule has 9 nitrogen and oxygen atoms in total. The zero-order valence-electron chi connectivity index (χ0n) is 16.7. The van der Waals surface area contributed by atoms with E-state index in [9.17, 15) is 18.0 Å². The van der Waals surface area contributed by atoms with Gasteiger partial charge in [0.2, 0.25) is 0 Å². The van der Waals surface area contributed by atoms with Crippen LogP contribution in [0.1, 0.15) is 12.0 Å². The maximum absolute atomic E-state index is 13.0.